The van der Waals surface area contributed by atoms with Gasteiger partial charge in [0, 0.05) is 18.7 Å². The molecule has 0 fully saturated rings. The van der Waals surface area contributed by atoms with Gasteiger partial charge in [0.05, 0.1) is 7.11 Å². The molecule has 1 aliphatic rings. The molecule has 108 valence electrons. The lowest BCUT2D eigenvalue weighted by Gasteiger charge is -2.17. The van der Waals surface area contributed by atoms with Gasteiger partial charge in [-0.25, -0.2) is 4.39 Å². The molecule has 2 aromatic rings. The normalized spacial score (nSPS) is 13.4. The topological polar surface area (TPSA) is 36.3 Å². The van der Waals surface area contributed by atoms with Crippen molar-refractivity contribution >= 4 is 5.84 Å². The van der Waals surface area contributed by atoms with E-state index >= 15 is 0 Å². The van der Waals surface area contributed by atoms with E-state index in [9.17, 15) is 4.39 Å². The van der Waals surface area contributed by atoms with Gasteiger partial charge in [0.25, 0.3) is 0 Å². The summed E-state index contributed by atoms with van der Waals surface area (Å²) in [7, 11) is 1.65. The molecule has 0 atom stereocenters. The van der Waals surface area contributed by atoms with Crippen molar-refractivity contribution in [2.45, 2.75) is 13.0 Å². The quantitative estimate of drug-likeness (QED) is 0.936. The van der Waals surface area contributed by atoms with Gasteiger partial charge in [-0.1, -0.05) is 18.2 Å². The molecule has 0 radical (unpaired) electrons. The summed E-state index contributed by atoms with van der Waals surface area (Å²) in [6.45, 7) is 1.42. The SMILES string of the molecule is COc1cccc(CCN2Cc3ccc(F)cc3C2=N)c1. The van der Waals surface area contributed by atoms with Crippen molar-refractivity contribution in [3.05, 3.63) is 65.0 Å². The first-order valence-corrected chi connectivity index (χ1v) is 6.92. The highest BCUT2D eigenvalue weighted by atomic mass is 19.1. The van der Waals surface area contributed by atoms with Crippen LogP contribution >= 0.6 is 0 Å². The van der Waals surface area contributed by atoms with Crippen LogP contribution in [0, 0.1) is 11.2 Å². The van der Waals surface area contributed by atoms with Gasteiger partial charge in [-0.15, -0.1) is 0 Å². The second kappa shape index (κ2) is 5.56. The van der Waals surface area contributed by atoms with Crippen LogP contribution in [-0.2, 0) is 13.0 Å². The summed E-state index contributed by atoms with van der Waals surface area (Å²) in [4.78, 5) is 1.98. The minimum absolute atomic E-state index is 0.284. The molecule has 0 saturated carbocycles. The van der Waals surface area contributed by atoms with Gasteiger partial charge >= 0.3 is 0 Å². The lowest BCUT2D eigenvalue weighted by Crippen LogP contribution is -2.26. The van der Waals surface area contributed by atoms with E-state index in [1.54, 1.807) is 13.2 Å². The highest BCUT2D eigenvalue weighted by molar-refractivity contribution is 6.00. The summed E-state index contributed by atoms with van der Waals surface area (Å²) in [5.41, 5.74) is 2.90. The molecule has 2 aromatic carbocycles. The minimum atomic E-state index is -0.284. The number of rotatable bonds is 4. The molecule has 21 heavy (non-hydrogen) atoms. The summed E-state index contributed by atoms with van der Waals surface area (Å²) >= 11 is 0. The lowest BCUT2D eigenvalue weighted by atomic mass is 10.1. The Labute approximate surface area is 123 Å². The van der Waals surface area contributed by atoms with E-state index in [0.717, 1.165) is 24.3 Å². The van der Waals surface area contributed by atoms with Gasteiger partial charge in [0.1, 0.15) is 17.4 Å². The highest BCUT2D eigenvalue weighted by Gasteiger charge is 2.24. The number of halogens is 1. The van der Waals surface area contributed by atoms with Gasteiger partial charge in [0.15, 0.2) is 0 Å². The number of hydrogen-bond donors (Lipinski definition) is 1. The van der Waals surface area contributed by atoms with Crippen molar-refractivity contribution in [2.75, 3.05) is 13.7 Å². The van der Waals surface area contributed by atoms with E-state index in [0.29, 0.717) is 17.9 Å². The van der Waals surface area contributed by atoms with Crippen LogP contribution in [-0.4, -0.2) is 24.4 Å². The maximum absolute atomic E-state index is 13.3. The maximum atomic E-state index is 13.3. The first-order chi connectivity index (χ1) is 10.2. The fraction of sp³-hybridized carbons (Fsp3) is 0.235. The van der Waals surface area contributed by atoms with Crippen LogP contribution in [0.2, 0.25) is 0 Å². The fourth-order valence-corrected chi connectivity index (χ4v) is 2.64. The van der Waals surface area contributed by atoms with Crippen molar-refractivity contribution in [1.82, 2.24) is 4.90 Å². The molecular formula is C17H17FN2O. The molecule has 0 aliphatic carbocycles. The first kappa shape index (κ1) is 13.6. The van der Waals surface area contributed by atoms with Crippen LogP contribution in [0.3, 0.4) is 0 Å². The third kappa shape index (κ3) is 2.75. The van der Waals surface area contributed by atoms with Crippen molar-refractivity contribution in [1.29, 1.82) is 5.41 Å². The Hall–Kier alpha value is -2.36. The number of methoxy groups -OCH3 is 1. The van der Waals surface area contributed by atoms with Gasteiger partial charge in [0.2, 0.25) is 0 Å². The van der Waals surface area contributed by atoms with E-state index in [1.807, 2.05) is 23.1 Å². The van der Waals surface area contributed by atoms with Crippen molar-refractivity contribution in [3.63, 3.8) is 0 Å². The average molecular weight is 284 g/mol. The van der Waals surface area contributed by atoms with Crippen molar-refractivity contribution in [3.8, 4) is 5.75 Å². The predicted molar refractivity (Wildman–Crippen MR) is 80.3 cm³/mol. The van der Waals surface area contributed by atoms with Crippen LogP contribution in [0.4, 0.5) is 4.39 Å². The monoisotopic (exact) mass is 284 g/mol. The van der Waals surface area contributed by atoms with E-state index in [2.05, 4.69) is 6.07 Å². The zero-order valence-electron chi connectivity index (χ0n) is 11.9. The Morgan fingerprint density at radius 1 is 1.24 bits per heavy atom. The van der Waals surface area contributed by atoms with Crippen LogP contribution in [0.1, 0.15) is 16.7 Å². The first-order valence-electron chi connectivity index (χ1n) is 6.92. The number of nitrogens with one attached hydrogen (secondary N) is 1. The number of benzene rings is 2. The Morgan fingerprint density at radius 2 is 2.10 bits per heavy atom. The predicted octanol–water partition coefficient (Wildman–Crippen LogP) is 3.22. The second-order valence-corrected chi connectivity index (χ2v) is 5.17. The van der Waals surface area contributed by atoms with E-state index < -0.39 is 0 Å². The zero-order chi connectivity index (χ0) is 14.8. The molecule has 3 rings (SSSR count). The van der Waals surface area contributed by atoms with Crippen LogP contribution in [0.15, 0.2) is 42.5 Å². The Bertz CT molecular complexity index is 684. The van der Waals surface area contributed by atoms with E-state index in [1.165, 1.54) is 17.7 Å². The van der Waals surface area contributed by atoms with Gasteiger partial charge in [-0.3, -0.25) is 5.41 Å². The largest absolute Gasteiger partial charge is 0.497 e. The molecule has 0 saturated heterocycles. The highest BCUT2D eigenvalue weighted by Crippen LogP contribution is 2.24. The number of nitrogens with zero attached hydrogens (tertiary/aromatic N) is 1. The Morgan fingerprint density at radius 3 is 2.90 bits per heavy atom. The van der Waals surface area contributed by atoms with E-state index in [4.69, 9.17) is 10.1 Å². The van der Waals surface area contributed by atoms with Crippen LogP contribution in [0.25, 0.3) is 0 Å². The zero-order valence-corrected chi connectivity index (χ0v) is 11.9. The van der Waals surface area contributed by atoms with E-state index in [-0.39, 0.29) is 5.82 Å². The van der Waals surface area contributed by atoms with Crippen LogP contribution < -0.4 is 4.74 Å². The summed E-state index contributed by atoms with van der Waals surface area (Å²) < 4.78 is 18.5. The summed E-state index contributed by atoms with van der Waals surface area (Å²) in [5.74, 6) is 0.967. The molecule has 0 bridgehead atoms. The third-order valence-corrected chi connectivity index (χ3v) is 3.81. The van der Waals surface area contributed by atoms with Crippen LogP contribution in [0.5, 0.6) is 5.75 Å². The molecule has 0 aromatic heterocycles. The molecule has 0 unspecified atom stereocenters. The lowest BCUT2D eigenvalue weighted by molar-refractivity contribution is 0.412. The van der Waals surface area contributed by atoms with Crippen molar-refractivity contribution in [2.24, 2.45) is 0 Å². The summed E-state index contributed by atoms with van der Waals surface area (Å²) in [6.07, 6.45) is 0.829. The Balaban J connectivity index is 1.69. The minimum Gasteiger partial charge on any atom is -0.497 e. The number of hydrogen-bond acceptors (Lipinski definition) is 2. The number of amidine groups is 1. The summed E-state index contributed by atoms with van der Waals surface area (Å²) in [6, 6.07) is 12.6. The maximum Gasteiger partial charge on any atom is 0.128 e. The average Bonchev–Trinajstić information content (AvgIpc) is 2.82. The van der Waals surface area contributed by atoms with Gasteiger partial charge in [-0.05, 0) is 41.8 Å². The molecule has 1 N–H and O–H groups in total. The summed E-state index contributed by atoms with van der Waals surface area (Å²) in [5, 5.41) is 8.16. The second-order valence-electron chi connectivity index (χ2n) is 5.17. The standard InChI is InChI=1S/C17H17FN2O/c1-21-15-4-2-3-12(9-15)7-8-20-11-13-5-6-14(18)10-16(13)17(20)19/h2-6,9-10,19H,7-8,11H2,1H3. The molecule has 0 amide bonds. The van der Waals surface area contributed by atoms with Gasteiger partial charge < -0.3 is 9.64 Å². The molecule has 3 nitrogen and oxygen atoms in total. The number of ether oxygens (including phenoxy) is 1. The Kier molecular flexibility index (Phi) is 3.60. The number of fused-ring (bicyclic) bond motifs is 1. The molecular weight excluding hydrogens is 267 g/mol. The molecule has 0 spiro atoms. The van der Waals surface area contributed by atoms with Crippen molar-refractivity contribution < 1.29 is 9.13 Å². The molecule has 1 heterocycles. The third-order valence-electron chi connectivity index (χ3n) is 3.81. The fourth-order valence-electron chi connectivity index (χ4n) is 2.64. The molecule has 4 heteroatoms. The van der Waals surface area contributed by atoms with Gasteiger partial charge in [-0.2, -0.15) is 0 Å². The smallest absolute Gasteiger partial charge is 0.128 e. The molecule has 1 aliphatic heterocycles.